The third kappa shape index (κ3) is 2.71. The molecule has 0 saturated carbocycles. The van der Waals surface area contributed by atoms with Crippen molar-refractivity contribution < 1.29 is 13.2 Å². The normalized spacial score (nSPS) is 24.3. The van der Waals surface area contributed by atoms with Crippen LogP contribution in [0.5, 0.6) is 0 Å². The van der Waals surface area contributed by atoms with Crippen molar-refractivity contribution in [1.82, 2.24) is 14.5 Å². The van der Waals surface area contributed by atoms with E-state index in [1.807, 2.05) is 29.7 Å². The van der Waals surface area contributed by atoms with Crippen molar-refractivity contribution in [3.05, 3.63) is 36.3 Å². The zero-order valence-corrected chi connectivity index (χ0v) is 12.7. The number of ether oxygens (including phenoxy) is 1. The lowest BCUT2D eigenvalue weighted by Crippen LogP contribution is -2.24. The Bertz CT molecular complexity index is 754. The topological polar surface area (TPSA) is 74.1 Å². The van der Waals surface area contributed by atoms with Gasteiger partial charge in [0.15, 0.2) is 15.7 Å². The van der Waals surface area contributed by atoms with Gasteiger partial charge in [0.25, 0.3) is 0 Å². The summed E-state index contributed by atoms with van der Waals surface area (Å²) >= 11 is 0. The first-order chi connectivity index (χ1) is 10.00. The van der Waals surface area contributed by atoms with Gasteiger partial charge in [-0.2, -0.15) is 0 Å². The maximum absolute atomic E-state index is 11.9. The van der Waals surface area contributed by atoms with Crippen LogP contribution in [0.4, 0.5) is 0 Å². The number of rotatable bonds is 3. The van der Waals surface area contributed by atoms with Crippen LogP contribution >= 0.6 is 0 Å². The summed E-state index contributed by atoms with van der Waals surface area (Å²) < 4.78 is 31.0. The van der Waals surface area contributed by atoms with E-state index in [1.165, 1.54) is 0 Å². The van der Waals surface area contributed by atoms with Gasteiger partial charge in [0.05, 0.1) is 23.7 Å². The first-order valence-corrected chi connectivity index (χ1v) is 8.52. The molecule has 3 rings (SSSR count). The molecule has 0 spiro atoms. The Morgan fingerprint density at radius 2 is 2.14 bits per heavy atom. The minimum Gasteiger partial charge on any atom is -0.378 e. The Kier molecular flexibility index (Phi) is 3.54. The Balaban J connectivity index is 2.03. The molecule has 1 aliphatic heterocycles. The monoisotopic (exact) mass is 307 g/mol. The van der Waals surface area contributed by atoms with E-state index in [1.54, 1.807) is 19.5 Å². The molecule has 0 aromatic carbocycles. The van der Waals surface area contributed by atoms with Crippen molar-refractivity contribution in [2.75, 3.05) is 18.6 Å². The van der Waals surface area contributed by atoms with Gasteiger partial charge in [-0.15, -0.1) is 0 Å². The molecule has 2 atom stereocenters. The van der Waals surface area contributed by atoms with Crippen LogP contribution in [0, 0.1) is 6.92 Å². The van der Waals surface area contributed by atoms with Gasteiger partial charge in [0.1, 0.15) is 5.69 Å². The predicted octanol–water partition coefficient (Wildman–Crippen LogP) is 1.24. The van der Waals surface area contributed by atoms with Gasteiger partial charge < -0.3 is 9.30 Å². The fourth-order valence-electron chi connectivity index (χ4n) is 2.73. The van der Waals surface area contributed by atoms with Crippen LogP contribution in [0.15, 0.2) is 30.6 Å². The van der Waals surface area contributed by atoms with E-state index in [0.717, 1.165) is 11.4 Å². The van der Waals surface area contributed by atoms with Crippen LogP contribution in [-0.2, 0) is 14.6 Å². The number of hydrogen-bond donors (Lipinski definition) is 0. The van der Waals surface area contributed by atoms with Crippen LogP contribution in [0.3, 0.4) is 0 Å². The summed E-state index contributed by atoms with van der Waals surface area (Å²) in [6.45, 7) is 1.91. The molecular weight excluding hydrogens is 290 g/mol. The summed E-state index contributed by atoms with van der Waals surface area (Å²) in [7, 11) is -1.54. The molecule has 0 bridgehead atoms. The first kappa shape index (κ1) is 14.2. The van der Waals surface area contributed by atoms with E-state index in [0.29, 0.717) is 5.82 Å². The smallest absolute Gasteiger partial charge is 0.159 e. The summed E-state index contributed by atoms with van der Waals surface area (Å²) in [5.41, 5.74) is 1.63. The molecular formula is C14H17N3O3S. The molecule has 3 heterocycles. The highest BCUT2D eigenvalue weighted by atomic mass is 32.2. The first-order valence-electron chi connectivity index (χ1n) is 6.70. The van der Waals surface area contributed by atoms with Crippen molar-refractivity contribution in [2.45, 2.75) is 19.1 Å². The SMILES string of the molecule is CO[C@@H]1CS(=O)(=O)C[C@H]1n1ccnc1-c1cccc(C)n1. The van der Waals surface area contributed by atoms with Crippen LogP contribution in [0.2, 0.25) is 0 Å². The molecule has 0 unspecified atom stereocenters. The second kappa shape index (κ2) is 5.23. The van der Waals surface area contributed by atoms with Gasteiger partial charge in [-0.25, -0.2) is 18.4 Å². The molecule has 112 valence electrons. The number of nitrogens with zero attached hydrogens (tertiary/aromatic N) is 3. The second-order valence-corrected chi connectivity index (χ2v) is 7.39. The van der Waals surface area contributed by atoms with E-state index in [9.17, 15) is 8.42 Å². The van der Waals surface area contributed by atoms with E-state index < -0.39 is 9.84 Å². The minimum atomic E-state index is -3.08. The number of aryl methyl sites for hydroxylation is 1. The maximum atomic E-state index is 11.9. The van der Waals surface area contributed by atoms with E-state index >= 15 is 0 Å². The summed E-state index contributed by atoms with van der Waals surface area (Å²) in [6, 6.07) is 5.43. The average molecular weight is 307 g/mol. The fourth-order valence-corrected chi connectivity index (χ4v) is 4.62. The summed E-state index contributed by atoms with van der Waals surface area (Å²) in [5.74, 6) is 0.788. The Labute approximate surface area is 123 Å². The number of pyridine rings is 1. The fraction of sp³-hybridized carbons (Fsp3) is 0.429. The molecule has 6 nitrogen and oxygen atoms in total. The molecule has 1 saturated heterocycles. The number of aromatic nitrogens is 3. The summed E-state index contributed by atoms with van der Waals surface area (Å²) in [4.78, 5) is 8.80. The summed E-state index contributed by atoms with van der Waals surface area (Å²) in [6.07, 6.45) is 3.10. The quantitative estimate of drug-likeness (QED) is 0.853. The molecule has 2 aromatic heterocycles. The lowest BCUT2D eigenvalue weighted by atomic mass is 10.2. The van der Waals surface area contributed by atoms with E-state index in [4.69, 9.17) is 4.74 Å². The number of hydrogen-bond acceptors (Lipinski definition) is 5. The number of sulfone groups is 1. The zero-order chi connectivity index (χ0) is 15.0. The highest BCUT2D eigenvalue weighted by Gasteiger charge is 2.39. The third-order valence-corrected chi connectivity index (χ3v) is 5.40. The van der Waals surface area contributed by atoms with Crippen molar-refractivity contribution >= 4 is 9.84 Å². The maximum Gasteiger partial charge on any atom is 0.159 e. The Morgan fingerprint density at radius 3 is 2.86 bits per heavy atom. The van der Waals surface area contributed by atoms with Crippen molar-refractivity contribution in [1.29, 1.82) is 0 Å². The molecule has 0 radical (unpaired) electrons. The average Bonchev–Trinajstić information content (AvgIpc) is 3.02. The zero-order valence-electron chi connectivity index (χ0n) is 11.9. The van der Waals surface area contributed by atoms with Crippen LogP contribution < -0.4 is 0 Å². The molecule has 0 amide bonds. The lowest BCUT2D eigenvalue weighted by Gasteiger charge is -2.20. The Hall–Kier alpha value is -1.73. The van der Waals surface area contributed by atoms with Gasteiger partial charge in [-0.05, 0) is 19.1 Å². The van der Waals surface area contributed by atoms with Crippen molar-refractivity contribution in [2.24, 2.45) is 0 Å². The van der Waals surface area contributed by atoms with E-state index in [-0.39, 0.29) is 23.7 Å². The molecule has 0 aliphatic carbocycles. The van der Waals surface area contributed by atoms with E-state index in [2.05, 4.69) is 9.97 Å². The largest absolute Gasteiger partial charge is 0.378 e. The van der Waals surface area contributed by atoms with Crippen molar-refractivity contribution in [3.63, 3.8) is 0 Å². The molecule has 2 aromatic rings. The van der Waals surface area contributed by atoms with Gasteiger partial charge in [0.2, 0.25) is 0 Å². The van der Waals surface area contributed by atoms with Gasteiger partial charge >= 0.3 is 0 Å². The van der Waals surface area contributed by atoms with Crippen molar-refractivity contribution in [3.8, 4) is 11.5 Å². The van der Waals surface area contributed by atoms with Crippen LogP contribution in [0.25, 0.3) is 11.5 Å². The number of methoxy groups -OCH3 is 1. The van der Waals surface area contributed by atoms with Gasteiger partial charge in [0, 0.05) is 25.2 Å². The lowest BCUT2D eigenvalue weighted by molar-refractivity contribution is 0.0892. The molecule has 0 N–H and O–H groups in total. The molecule has 21 heavy (non-hydrogen) atoms. The van der Waals surface area contributed by atoms with Crippen LogP contribution in [-0.4, -0.2) is 47.7 Å². The second-order valence-electron chi connectivity index (χ2n) is 5.24. The Morgan fingerprint density at radius 1 is 1.33 bits per heavy atom. The standard InChI is InChI=1S/C14H17N3O3S/c1-10-4-3-5-11(16-10)14-15-6-7-17(14)12-8-21(18,19)9-13(12)20-2/h3-7,12-13H,8-9H2,1-2H3/t12-,13-/m1/s1. The molecule has 7 heteroatoms. The highest BCUT2D eigenvalue weighted by Crippen LogP contribution is 2.30. The molecule has 1 aliphatic rings. The number of imidazole rings is 1. The summed E-state index contributed by atoms with van der Waals surface area (Å²) in [5, 5.41) is 0. The third-order valence-electron chi connectivity index (χ3n) is 3.72. The van der Waals surface area contributed by atoms with Gasteiger partial charge in [-0.3, -0.25) is 0 Å². The minimum absolute atomic E-state index is 0.0486. The molecule has 1 fully saturated rings. The highest BCUT2D eigenvalue weighted by molar-refractivity contribution is 7.91. The predicted molar refractivity (Wildman–Crippen MR) is 78.7 cm³/mol. The van der Waals surface area contributed by atoms with Crippen LogP contribution in [0.1, 0.15) is 11.7 Å². The van der Waals surface area contributed by atoms with Gasteiger partial charge in [-0.1, -0.05) is 6.07 Å².